The molecule has 0 bridgehead atoms. The third kappa shape index (κ3) is 4.33. The molecule has 3 heterocycles. The standard InChI is InChI=1S/C40H24N4O/c1-2-11-27(12-3-1)37-42-38(28-22-20-26(21-23-28)31-16-8-14-25-10-4-6-15-30(25)31)44-39(43-37)32-17-9-19-35-36(32)33-24-29-13-5-7-18-34(29)41-40(33)45-35/h1-24H. The average Bonchev–Trinajstić information content (AvgIpc) is 3.48. The molecule has 9 rings (SSSR count). The van der Waals surface area contributed by atoms with E-state index in [1.54, 1.807) is 0 Å². The van der Waals surface area contributed by atoms with E-state index in [0.29, 0.717) is 23.2 Å². The molecule has 0 saturated carbocycles. The Labute approximate surface area is 258 Å². The van der Waals surface area contributed by atoms with E-state index in [0.717, 1.165) is 49.5 Å². The summed E-state index contributed by atoms with van der Waals surface area (Å²) in [5, 5.41) is 5.37. The Kier molecular flexibility index (Phi) is 5.74. The number of aromatic nitrogens is 4. The van der Waals surface area contributed by atoms with Gasteiger partial charge in [-0.3, -0.25) is 0 Å². The SMILES string of the molecule is c1ccc(-c2nc(-c3ccc(-c4cccc5ccccc45)cc3)nc(-c3cccc4oc5nc6ccccc6cc5c34)n2)cc1. The van der Waals surface area contributed by atoms with Crippen LogP contribution in [-0.4, -0.2) is 19.9 Å². The first-order valence-electron chi connectivity index (χ1n) is 14.9. The number of hydrogen-bond donors (Lipinski definition) is 0. The summed E-state index contributed by atoms with van der Waals surface area (Å²) in [5.74, 6) is 1.80. The average molecular weight is 577 g/mol. The Bertz CT molecular complexity index is 2530. The fourth-order valence-electron chi connectivity index (χ4n) is 6.16. The number of rotatable bonds is 4. The molecular formula is C40H24N4O. The number of para-hydroxylation sites is 1. The summed E-state index contributed by atoms with van der Waals surface area (Å²) in [6, 6.07) is 49.6. The second kappa shape index (κ2) is 10.2. The normalized spacial score (nSPS) is 11.6. The van der Waals surface area contributed by atoms with E-state index in [9.17, 15) is 0 Å². The van der Waals surface area contributed by atoms with Gasteiger partial charge in [0.2, 0.25) is 5.71 Å². The number of furan rings is 1. The minimum atomic E-state index is 0.582. The second-order valence-corrected chi connectivity index (χ2v) is 11.1. The van der Waals surface area contributed by atoms with Crippen molar-refractivity contribution in [1.29, 1.82) is 0 Å². The summed E-state index contributed by atoms with van der Waals surface area (Å²) in [7, 11) is 0. The van der Waals surface area contributed by atoms with Crippen LogP contribution in [0.5, 0.6) is 0 Å². The highest BCUT2D eigenvalue weighted by Gasteiger charge is 2.19. The molecule has 210 valence electrons. The zero-order valence-electron chi connectivity index (χ0n) is 24.1. The molecule has 0 aliphatic rings. The summed E-state index contributed by atoms with van der Waals surface area (Å²) >= 11 is 0. The summed E-state index contributed by atoms with van der Waals surface area (Å²) in [4.78, 5) is 19.9. The maximum Gasteiger partial charge on any atom is 0.227 e. The van der Waals surface area contributed by atoms with Gasteiger partial charge in [-0.1, -0.05) is 127 Å². The van der Waals surface area contributed by atoms with E-state index in [-0.39, 0.29) is 0 Å². The van der Waals surface area contributed by atoms with Crippen LogP contribution < -0.4 is 0 Å². The first-order chi connectivity index (χ1) is 22.3. The number of fused-ring (bicyclic) bond motifs is 5. The third-order valence-corrected chi connectivity index (χ3v) is 8.34. The molecule has 0 saturated heterocycles. The first-order valence-corrected chi connectivity index (χ1v) is 14.9. The van der Waals surface area contributed by atoms with Crippen LogP contribution in [-0.2, 0) is 0 Å². The third-order valence-electron chi connectivity index (χ3n) is 8.34. The predicted molar refractivity (Wildman–Crippen MR) is 182 cm³/mol. The highest BCUT2D eigenvalue weighted by atomic mass is 16.3. The van der Waals surface area contributed by atoms with Crippen molar-refractivity contribution in [2.24, 2.45) is 0 Å². The van der Waals surface area contributed by atoms with E-state index < -0.39 is 0 Å². The van der Waals surface area contributed by atoms with Crippen molar-refractivity contribution < 1.29 is 4.42 Å². The molecule has 5 nitrogen and oxygen atoms in total. The fourth-order valence-corrected chi connectivity index (χ4v) is 6.16. The summed E-state index contributed by atoms with van der Waals surface area (Å²) < 4.78 is 6.26. The lowest BCUT2D eigenvalue weighted by atomic mass is 9.97. The van der Waals surface area contributed by atoms with Crippen LogP contribution in [0.2, 0.25) is 0 Å². The number of benzene rings is 6. The predicted octanol–water partition coefficient (Wildman–Crippen LogP) is 10.1. The summed E-state index contributed by atoms with van der Waals surface area (Å²) in [6.07, 6.45) is 0. The molecule has 9 aromatic rings. The molecule has 45 heavy (non-hydrogen) atoms. The molecule has 0 amide bonds. The van der Waals surface area contributed by atoms with Crippen molar-refractivity contribution in [2.75, 3.05) is 0 Å². The van der Waals surface area contributed by atoms with Gasteiger partial charge in [0.1, 0.15) is 5.58 Å². The van der Waals surface area contributed by atoms with Gasteiger partial charge in [0.05, 0.1) is 5.52 Å². The lowest BCUT2D eigenvalue weighted by molar-refractivity contribution is 0.656. The topological polar surface area (TPSA) is 64.7 Å². The van der Waals surface area contributed by atoms with Crippen LogP contribution in [0.4, 0.5) is 0 Å². The minimum absolute atomic E-state index is 0.582. The van der Waals surface area contributed by atoms with Crippen molar-refractivity contribution in [3.8, 4) is 45.3 Å². The van der Waals surface area contributed by atoms with Crippen molar-refractivity contribution in [1.82, 2.24) is 19.9 Å². The zero-order valence-corrected chi connectivity index (χ0v) is 24.1. The van der Waals surface area contributed by atoms with E-state index in [2.05, 4.69) is 78.9 Å². The van der Waals surface area contributed by atoms with Crippen LogP contribution in [0.15, 0.2) is 150 Å². The number of nitrogens with zero attached hydrogens (tertiary/aromatic N) is 4. The molecule has 5 heteroatoms. The zero-order chi connectivity index (χ0) is 29.7. The molecule has 0 aliphatic carbocycles. The smallest absolute Gasteiger partial charge is 0.227 e. The summed E-state index contributed by atoms with van der Waals surface area (Å²) in [5.41, 5.74) is 7.28. The maximum atomic E-state index is 6.26. The number of hydrogen-bond acceptors (Lipinski definition) is 5. The van der Waals surface area contributed by atoms with E-state index in [1.165, 1.54) is 16.3 Å². The largest absolute Gasteiger partial charge is 0.438 e. The molecule has 0 fully saturated rings. The van der Waals surface area contributed by atoms with Gasteiger partial charge in [-0.15, -0.1) is 0 Å². The van der Waals surface area contributed by atoms with Gasteiger partial charge in [0, 0.05) is 32.8 Å². The fraction of sp³-hybridized carbons (Fsp3) is 0. The van der Waals surface area contributed by atoms with E-state index >= 15 is 0 Å². The molecule has 0 atom stereocenters. The Morgan fingerprint density at radius 3 is 1.87 bits per heavy atom. The van der Waals surface area contributed by atoms with Gasteiger partial charge in [0.25, 0.3) is 0 Å². The van der Waals surface area contributed by atoms with Gasteiger partial charge in [-0.25, -0.2) is 19.9 Å². The van der Waals surface area contributed by atoms with Gasteiger partial charge in [-0.05, 0) is 40.1 Å². The minimum Gasteiger partial charge on any atom is -0.438 e. The molecule has 0 aliphatic heterocycles. The van der Waals surface area contributed by atoms with E-state index in [1.807, 2.05) is 66.7 Å². The van der Waals surface area contributed by atoms with Crippen LogP contribution in [0.3, 0.4) is 0 Å². The van der Waals surface area contributed by atoms with Crippen LogP contribution in [0.1, 0.15) is 0 Å². The van der Waals surface area contributed by atoms with Crippen molar-refractivity contribution in [3.63, 3.8) is 0 Å². The Morgan fingerprint density at radius 1 is 0.400 bits per heavy atom. The van der Waals surface area contributed by atoms with Crippen LogP contribution in [0, 0.1) is 0 Å². The van der Waals surface area contributed by atoms with E-state index in [4.69, 9.17) is 24.4 Å². The molecule has 6 aromatic carbocycles. The molecule has 0 radical (unpaired) electrons. The highest BCUT2D eigenvalue weighted by molar-refractivity contribution is 6.13. The molecule has 0 N–H and O–H groups in total. The molecule has 3 aromatic heterocycles. The molecule has 0 unspecified atom stereocenters. The molecule has 0 spiro atoms. The first kappa shape index (κ1) is 25.3. The summed E-state index contributed by atoms with van der Waals surface area (Å²) in [6.45, 7) is 0. The Balaban J connectivity index is 1.23. The Hall–Kier alpha value is -6.20. The lowest BCUT2D eigenvalue weighted by Crippen LogP contribution is -2.00. The van der Waals surface area contributed by atoms with Crippen molar-refractivity contribution in [2.45, 2.75) is 0 Å². The van der Waals surface area contributed by atoms with Gasteiger partial charge >= 0.3 is 0 Å². The van der Waals surface area contributed by atoms with Crippen molar-refractivity contribution in [3.05, 3.63) is 146 Å². The van der Waals surface area contributed by atoms with Crippen molar-refractivity contribution >= 4 is 43.7 Å². The van der Waals surface area contributed by atoms with Crippen LogP contribution >= 0.6 is 0 Å². The quantitative estimate of drug-likeness (QED) is 0.209. The van der Waals surface area contributed by atoms with Crippen LogP contribution in [0.25, 0.3) is 89.0 Å². The highest BCUT2D eigenvalue weighted by Crippen LogP contribution is 2.37. The van der Waals surface area contributed by atoms with Gasteiger partial charge in [0.15, 0.2) is 17.5 Å². The lowest BCUT2D eigenvalue weighted by Gasteiger charge is -2.10. The second-order valence-electron chi connectivity index (χ2n) is 11.1. The van der Waals surface area contributed by atoms with Gasteiger partial charge in [-0.2, -0.15) is 0 Å². The Morgan fingerprint density at radius 2 is 1.02 bits per heavy atom. The molecular weight excluding hydrogens is 552 g/mol. The monoisotopic (exact) mass is 576 g/mol. The van der Waals surface area contributed by atoms with Gasteiger partial charge < -0.3 is 4.42 Å². The number of pyridine rings is 1. The maximum absolute atomic E-state index is 6.26.